The van der Waals surface area contributed by atoms with Crippen LogP contribution in [-0.4, -0.2) is 28.8 Å². The molecular weight excluding hydrogens is 260 g/mol. The molecule has 82 valence electrons. The van der Waals surface area contributed by atoms with Crippen molar-refractivity contribution in [1.29, 1.82) is 0 Å². The van der Waals surface area contributed by atoms with Gasteiger partial charge in [-0.15, -0.1) is 0 Å². The summed E-state index contributed by atoms with van der Waals surface area (Å²) in [7, 11) is 1.78. The van der Waals surface area contributed by atoms with Crippen molar-refractivity contribution in [3.8, 4) is 0 Å². The molecule has 15 heavy (non-hydrogen) atoms. The van der Waals surface area contributed by atoms with Crippen LogP contribution in [0.5, 0.6) is 0 Å². The molecule has 0 radical (unpaired) electrons. The Morgan fingerprint density at radius 2 is 2.60 bits per heavy atom. The summed E-state index contributed by atoms with van der Waals surface area (Å²) in [5.74, 6) is 0.511. The minimum Gasteiger partial charge on any atom is -0.381 e. The molecule has 1 unspecified atom stereocenters. The Balaban J connectivity index is 2.07. The topological polar surface area (TPSA) is 44.1 Å². The molecule has 2 rings (SSSR count). The van der Waals surface area contributed by atoms with Crippen LogP contribution in [0.2, 0.25) is 0 Å². The Bertz CT molecular complexity index is 350. The molecule has 1 aromatic rings. The van der Waals surface area contributed by atoms with E-state index in [0.717, 1.165) is 17.5 Å². The molecule has 1 aliphatic heterocycles. The smallest absolute Gasteiger partial charge is 0.182 e. The lowest BCUT2D eigenvalue weighted by molar-refractivity contribution is 0.0942. The molecule has 0 aliphatic carbocycles. The summed E-state index contributed by atoms with van der Waals surface area (Å²) in [5, 5.41) is 4.03. The maximum atomic E-state index is 12.0. The molecule has 1 aliphatic rings. The number of ether oxygens (including phenoxy) is 1. The van der Waals surface area contributed by atoms with Crippen LogP contribution >= 0.6 is 15.9 Å². The zero-order chi connectivity index (χ0) is 10.8. The molecule has 1 aromatic heterocycles. The van der Waals surface area contributed by atoms with Crippen LogP contribution < -0.4 is 0 Å². The minimum atomic E-state index is 0.136. The lowest BCUT2D eigenvalue weighted by Crippen LogP contribution is -2.13. The van der Waals surface area contributed by atoms with Crippen molar-refractivity contribution < 1.29 is 9.53 Å². The van der Waals surface area contributed by atoms with Gasteiger partial charge in [-0.3, -0.25) is 9.48 Å². The lowest BCUT2D eigenvalue weighted by atomic mass is 10.0. The molecule has 0 spiro atoms. The molecule has 1 saturated heterocycles. The highest BCUT2D eigenvalue weighted by Crippen LogP contribution is 2.22. The van der Waals surface area contributed by atoms with Gasteiger partial charge in [0.2, 0.25) is 0 Å². The molecule has 2 heterocycles. The van der Waals surface area contributed by atoms with E-state index in [4.69, 9.17) is 4.74 Å². The van der Waals surface area contributed by atoms with Crippen LogP contribution in [0.4, 0.5) is 0 Å². The number of nitrogens with zero attached hydrogens (tertiary/aromatic N) is 2. The van der Waals surface area contributed by atoms with Gasteiger partial charge in [0.05, 0.1) is 10.7 Å². The van der Waals surface area contributed by atoms with Gasteiger partial charge in [0.25, 0.3) is 0 Å². The number of hydrogen-bond donors (Lipinski definition) is 0. The fraction of sp³-hybridized carbons (Fsp3) is 0.600. The lowest BCUT2D eigenvalue weighted by Gasteiger charge is -2.06. The number of carbonyl (C=O) groups excluding carboxylic acids is 1. The third kappa shape index (κ3) is 2.29. The van der Waals surface area contributed by atoms with Gasteiger partial charge in [-0.1, -0.05) is 0 Å². The largest absolute Gasteiger partial charge is 0.381 e. The molecule has 1 atom stereocenters. The molecule has 1 fully saturated rings. The predicted molar refractivity (Wildman–Crippen MR) is 58.8 cm³/mol. The number of hydrogen-bond acceptors (Lipinski definition) is 3. The molecule has 0 saturated carbocycles. The number of Topliss-reactive ketones (excluding diaryl/α,β-unsaturated/α-hetero) is 1. The summed E-state index contributed by atoms with van der Waals surface area (Å²) in [6.45, 7) is 1.49. The highest BCUT2D eigenvalue weighted by Gasteiger charge is 2.23. The summed E-state index contributed by atoms with van der Waals surface area (Å²) >= 11 is 3.33. The second kappa shape index (κ2) is 4.45. The minimum absolute atomic E-state index is 0.136. The molecule has 0 N–H and O–H groups in total. The molecular formula is C10H13BrN2O2. The van der Waals surface area contributed by atoms with Gasteiger partial charge in [0, 0.05) is 26.7 Å². The molecule has 5 heteroatoms. The number of aromatic nitrogens is 2. The maximum Gasteiger partial charge on any atom is 0.182 e. The van der Waals surface area contributed by atoms with Gasteiger partial charge in [-0.25, -0.2) is 0 Å². The summed E-state index contributed by atoms with van der Waals surface area (Å²) in [6, 6.07) is 0. The van der Waals surface area contributed by atoms with E-state index in [9.17, 15) is 4.79 Å². The first kappa shape index (κ1) is 10.8. The molecule has 0 bridgehead atoms. The summed E-state index contributed by atoms with van der Waals surface area (Å²) in [6.07, 6.45) is 3.19. The fourth-order valence-corrected chi connectivity index (χ4v) is 2.40. The molecule has 0 aromatic carbocycles. The summed E-state index contributed by atoms with van der Waals surface area (Å²) < 4.78 is 7.63. The molecule has 4 nitrogen and oxygen atoms in total. The quantitative estimate of drug-likeness (QED) is 0.789. The third-order valence-corrected chi connectivity index (χ3v) is 3.24. The van der Waals surface area contributed by atoms with Crippen molar-refractivity contribution in [1.82, 2.24) is 9.78 Å². The van der Waals surface area contributed by atoms with Gasteiger partial charge in [-0.05, 0) is 28.3 Å². The number of carbonyl (C=O) groups is 1. The van der Waals surface area contributed by atoms with Crippen molar-refractivity contribution in [3.05, 3.63) is 16.4 Å². The number of rotatable bonds is 3. The average molecular weight is 273 g/mol. The first-order valence-electron chi connectivity index (χ1n) is 4.97. The highest BCUT2D eigenvalue weighted by atomic mass is 79.9. The Hall–Kier alpha value is -0.680. The normalized spacial score (nSPS) is 20.8. The van der Waals surface area contributed by atoms with Gasteiger partial charge in [0.15, 0.2) is 5.78 Å². The van der Waals surface area contributed by atoms with Gasteiger partial charge in [0.1, 0.15) is 5.69 Å². The van der Waals surface area contributed by atoms with Gasteiger partial charge >= 0.3 is 0 Å². The van der Waals surface area contributed by atoms with Crippen molar-refractivity contribution in [2.24, 2.45) is 13.0 Å². The van der Waals surface area contributed by atoms with Crippen molar-refractivity contribution in [3.63, 3.8) is 0 Å². The van der Waals surface area contributed by atoms with E-state index in [0.29, 0.717) is 24.6 Å². The van der Waals surface area contributed by atoms with E-state index in [-0.39, 0.29) is 5.78 Å². The highest BCUT2D eigenvalue weighted by molar-refractivity contribution is 9.10. The molecule has 0 amide bonds. The third-order valence-electron chi connectivity index (χ3n) is 2.66. The van der Waals surface area contributed by atoms with Gasteiger partial charge in [-0.2, -0.15) is 5.10 Å². The predicted octanol–water partition coefficient (Wildman–Crippen LogP) is 1.79. The van der Waals surface area contributed by atoms with Crippen LogP contribution in [0.3, 0.4) is 0 Å². The Morgan fingerprint density at radius 3 is 3.13 bits per heavy atom. The maximum absolute atomic E-state index is 12.0. The van der Waals surface area contributed by atoms with E-state index < -0.39 is 0 Å². The second-order valence-corrected chi connectivity index (χ2v) is 4.68. The van der Waals surface area contributed by atoms with E-state index >= 15 is 0 Å². The van der Waals surface area contributed by atoms with Crippen molar-refractivity contribution in [2.45, 2.75) is 12.8 Å². The van der Waals surface area contributed by atoms with E-state index in [2.05, 4.69) is 21.0 Å². The van der Waals surface area contributed by atoms with Crippen molar-refractivity contribution in [2.75, 3.05) is 13.2 Å². The summed E-state index contributed by atoms with van der Waals surface area (Å²) in [4.78, 5) is 12.0. The number of halogens is 1. The average Bonchev–Trinajstić information content (AvgIpc) is 2.77. The van der Waals surface area contributed by atoms with Crippen LogP contribution in [-0.2, 0) is 11.8 Å². The Kier molecular flexibility index (Phi) is 3.21. The number of ketones is 1. The first-order valence-corrected chi connectivity index (χ1v) is 5.76. The standard InChI is InChI=1S/C10H13BrN2O2/c1-13-10(8(11)5-12-13)9(14)4-7-2-3-15-6-7/h5,7H,2-4,6H2,1H3. The Morgan fingerprint density at radius 1 is 1.80 bits per heavy atom. The monoisotopic (exact) mass is 272 g/mol. The van der Waals surface area contributed by atoms with Crippen molar-refractivity contribution >= 4 is 21.7 Å². The number of aryl methyl sites for hydroxylation is 1. The summed E-state index contributed by atoms with van der Waals surface area (Å²) in [5.41, 5.74) is 0.655. The Labute approximate surface area is 96.7 Å². The fourth-order valence-electron chi connectivity index (χ4n) is 1.83. The van der Waals surface area contributed by atoms with Crippen LogP contribution in [0.15, 0.2) is 10.7 Å². The van der Waals surface area contributed by atoms with Crippen LogP contribution in [0, 0.1) is 5.92 Å². The van der Waals surface area contributed by atoms with E-state index in [1.807, 2.05) is 0 Å². The van der Waals surface area contributed by atoms with Crippen LogP contribution in [0.25, 0.3) is 0 Å². The zero-order valence-electron chi connectivity index (χ0n) is 8.57. The van der Waals surface area contributed by atoms with Crippen LogP contribution in [0.1, 0.15) is 23.3 Å². The van der Waals surface area contributed by atoms with E-state index in [1.165, 1.54) is 0 Å². The van der Waals surface area contributed by atoms with Gasteiger partial charge < -0.3 is 4.74 Å². The van der Waals surface area contributed by atoms with E-state index in [1.54, 1.807) is 17.9 Å². The first-order chi connectivity index (χ1) is 7.18. The second-order valence-electron chi connectivity index (χ2n) is 3.82. The zero-order valence-corrected chi connectivity index (χ0v) is 10.2. The SMILES string of the molecule is Cn1ncc(Br)c1C(=O)CC1CCOC1.